The average molecular weight is 705 g/mol. The van der Waals surface area contributed by atoms with Gasteiger partial charge in [-0.1, -0.05) is 89.1 Å². The number of nitrogens with one attached hydrogen (secondary N) is 1. The summed E-state index contributed by atoms with van der Waals surface area (Å²) in [6.45, 7) is 9.27. The second-order valence-corrected chi connectivity index (χ2v) is 14.5. The van der Waals surface area contributed by atoms with Crippen LogP contribution in [0.4, 0.5) is 5.69 Å². The van der Waals surface area contributed by atoms with E-state index in [1.807, 2.05) is 95.3 Å². The number of benzene rings is 4. The van der Waals surface area contributed by atoms with E-state index in [0.717, 1.165) is 43.0 Å². The molecule has 4 aromatic rings. The molecular formula is C37H42BrN3O4S. The SMILES string of the molecule is CCC(C)NC(=O)C(Cc1ccccc1)N(Cc1cccc(Br)c1)C(=O)CN(c1ccc(C)c(C)c1)S(=O)(=O)c1ccc(C)cc1. The van der Waals surface area contributed by atoms with Gasteiger partial charge in [-0.2, -0.15) is 0 Å². The van der Waals surface area contributed by atoms with Crippen LogP contribution in [0.2, 0.25) is 0 Å². The van der Waals surface area contributed by atoms with Gasteiger partial charge in [0, 0.05) is 23.5 Å². The molecule has 7 nitrogen and oxygen atoms in total. The van der Waals surface area contributed by atoms with E-state index in [-0.39, 0.29) is 29.8 Å². The minimum absolute atomic E-state index is 0.0815. The highest BCUT2D eigenvalue weighted by atomic mass is 79.9. The van der Waals surface area contributed by atoms with Crippen LogP contribution in [0.25, 0.3) is 0 Å². The Balaban J connectivity index is 1.83. The zero-order valence-electron chi connectivity index (χ0n) is 27.0. The number of carbonyl (C=O) groups is 2. The van der Waals surface area contributed by atoms with Crippen molar-refractivity contribution in [3.05, 3.63) is 129 Å². The molecular weight excluding hydrogens is 662 g/mol. The Bertz CT molecular complexity index is 1760. The number of halogens is 1. The fourth-order valence-electron chi connectivity index (χ4n) is 5.07. The number of sulfonamides is 1. The molecule has 0 aromatic heterocycles. The molecule has 0 saturated carbocycles. The van der Waals surface area contributed by atoms with Crippen molar-refractivity contribution < 1.29 is 18.0 Å². The van der Waals surface area contributed by atoms with Crippen molar-refractivity contribution in [3.8, 4) is 0 Å². The van der Waals surface area contributed by atoms with Crippen LogP contribution in [0, 0.1) is 20.8 Å². The van der Waals surface area contributed by atoms with Crippen molar-refractivity contribution in [3.63, 3.8) is 0 Å². The summed E-state index contributed by atoms with van der Waals surface area (Å²) in [6.07, 6.45) is 0.982. The minimum Gasteiger partial charge on any atom is -0.352 e. The van der Waals surface area contributed by atoms with Crippen LogP contribution < -0.4 is 9.62 Å². The molecule has 0 aliphatic rings. The van der Waals surface area contributed by atoms with Gasteiger partial charge in [-0.25, -0.2) is 8.42 Å². The number of anilines is 1. The highest BCUT2D eigenvalue weighted by Gasteiger charge is 2.35. The van der Waals surface area contributed by atoms with Crippen LogP contribution in [-0.2, 0) is 32.6 Å². The fraction of sp³-hybridized carbons (Fsp3) is 0.297. The Morgan fingerprint density at radius 2 is 1.50 bits per heavy atom. The van der Waals surface area contributed by atoms with Crippen LogP contribution in [0.1, 0.15) is 48.1 Å². The van der Waals surface area contributed by atoms with E-state index in [1.165, 1.54) is 4.90 Å². The smallest absolute Gasteiger partial charge is 0.264 e. The van der Waals surface area contributed by atoms with Crippen molar-refractivity contribution in [2.75, 3.05) is 10.8 Å². The highest BCUT2D eigenvalue weighted by molar-refractivity contribution is 9.10. The highest BCUT2D eigenvalue weighted by Crippen LogP contribution is 2.27. The molecule has 0 heterocycles. The Hall–Kier alpha value is -3.95. The third-order valence-electron chi connectivity index (χ3n) is 8.18. The molecule has 4 aromatic carbocycles. The number of rotatable bonds is 13. The summed E-state index contributed by atoms with van der Waals surface area (Å²) >= 11 is 3.52. The molecule has 0 fully saturated rings. The fourth-order valence-corrected chi connectivity index (χ4v) is 6.93. The van der Waals surface area contributed by atoms with E-state index >= 15 is 0 Å². The molecule has 0 bridgehead atoms. The third-order valence-corrected chi connectivity index (χ3v) is 10.5. The van der Waals surface area contributed by atoms with Crippen LogP contribution in [0.5, 0.6) is 0 Å². The first-order valence-electron chi connectivity index (χ1n) is 15.4. The first kappa shape index (κ1) is 34.9. The number of nitrogens with zero attached hydrogens (tertiary/aromatic N) is 2. The maximum absolute atomic E-state index is 14.6. The molecule has 1 N–H and O–H groups in total. The first-order valence-corrected chi connectivity index (χ1v) is 17.7. The van der Waals surface area contributed by atoms with Gasteiger partial charge < -0.3 is 10.2 Å². The van der Waals surface area contributed by atoms with Crippen molar-refractivity contribution in [2.45, 2.75) is 71.0 Å². The molecule has 0 aliphatic carbocycles. The monoisotopic (exact) mass is 703 g/mol. The van der Waals surface area contributed by atoms with E-state index < -0.39 is 28.5 Å². The lowest BCUT2D eigenvalue weighted by Crippen LogP contribution is -2.54. The van der Waals surface area contributed by atoms with Gasteiger partial charge >= 0.3 is 0 Å². The lowest BCUT2D eigenvalue weighted by Gasteiger charge is -2.34. The van der Waals surface area contributed by atoms with Crippen LogP contribution in [0.15, 0.2) is 106 Å². The lowest BCUT2D eigenvalue weighted by atomic mass is 10.0. The maximum Gasteiger partial charge on any atom is 0.264 e. The largest absolute Gasteiger partial charge is 0.352 e. The molecule has 2 atom stereocenters. The predicted molar refractivity (Wildman–Crippen MR) is 188 cm³/mol. The van der Waals surface area contributed by atoms with Gasteiger partial charge in [0.05, 0.1) is 10.6 Å². The summed E-state index contributed by atoms with van der Waals surface area (Å²) in [5.41, 5.74) is 4.89. The van der Waals surface area contributed by atoms with Gasteiger partial charge in [-0.05, 0) is 92.8 Å². The second kappa shape index (κ2) is 15.6. The van der Waals surface area contributed by atoms with E-state index in [4.69, 9.17) is 0 Å². The number of aryl methyl sites for hydroxylation is 3. The molecule has 0 saturated heterocycles. The molecule has 0 radical (unpaired) electrons. The van der Waals surface area contributed by atoms with Crippen molar-refractivity contribution >= 4 is 43.5 Å². The summed E-state index contributed by atoms with van der Waals surface area (Å²) in [5, 5.41) is 3.07. The van der Waals surface area contributed by atoms with Gasteiger partial charge in [0.2, 0.25) is 11.8 Å². The van der Waals surface area contributed by atoms with Crippen LogP contribution >= 0.6 is 15.9 Å². The zero-order valence-corrected chi connectivity index (χ0v) is 29.4. The van der Waals surface area contributed by atoms with Crippen LogP contribution in [0.3, 0.4) is 0 Å². The molecule has 0 aliphatic heterocycles. The summed E-state index contributed by atoms with van der Waals surface area (Å²) in [5.74, 6) is -0.783. The number of amides is 2. The topological polar surface area (TPSA) is 86.8 Å². The molecule has 46 heavy (non-hydrogen) atoms. The second-order valence-electron chi connectivity index (χ2n) is 11.8. The normalized spacial score (nSPS) is 12.7. The van der Waals surface area contributed by atoms with Gasteiger partial charge in [0.25, 0.3) is 10.0 Å². The molecule has 9 heteroatoms. The predicted octanol–water partition coefficient (Wildman–Crippen LogP) is 7.12. The van der Waals surface area contributed by atoms with E-state index in [9.17, 15) is 18.0 Å². The Labute approximate surface area is 281 Å². The van der Waals surface area contributed by atoms with Crippen LogP contribution in [-0.4, -0.2) is 43.8 Å². The molecule has 0 spiro atoms. The van der Waals surface area contributed by atoms with Gasteiger partial charge in [0.15, 0.2) is 0 Å². The summed E-state index contributed by atoms with van der Waals surface area (Å²) in [7, 11) is -4.16. The van der Waals surface area contributed by atoms with Gasteiger partial charge in [0.1, 0.15) is 12.6 Å². The summed E-state index contributed by atoms with van der Waals surface area (Å²) in [6, 6.07) is 28.0. The number of carbonyl (C=O) groups excluding carboxylic acids is 2. The third kappa shape index (κ3) is 8.85. The maximum atomic E-state index is 14.6. The van der Waals surface area contributed by atoms with Crippen molar-refractivity contribution in [2.24, 2.45) is 0 Å². The lowest BCUT2D eigenvalue weighted by molar-refractivity contribution is -0.140. The minimum atomic E-state index is -4.16. The number of hydrogen-bond acceptors (Lipinski definition) is 4. The Morgan fingerprint density at radius 1 is 0.826 bits per heavy atom. The molecule has 2 amide bonds. The van der Waals surface area contributed by atoms with Crippen molar-refractivity contribution in [1.29, 1.82) is 0 Å². The molecule has 2 unspecified atom stereocenters. The van der Waals surface area contributed by atoms with Gasteiger partial charge in [-0.15, -0.1) is 0 Å². The van der Waals surface area contributed by atoms with E-state index in [1.54, 1.807) is 36.4 Å². The van der Waals surface area contributed by atoms with E-state index in [2.05, 4.69) is 21.2 Å². The zero-order chi connectivity index (χ0) is 33.4. The summed E-state index contributed by atoms with van der Waals surface area (Å²) < 4.78 is 30.5. The number of hydrogen-bond donors (Lipinski definition) is 1. The van der Waals surface area contributed by atoms with E-state index in [0.29, 0.717) is 5.69 Å². The van der Waals surface area contributed by atoms with Gasteiger partial charge in [-0.3, -0.25) is 13.9 Å². The quantitative estimate of drug-likeness (QED) is 0.161. The summed E-state index contributed by atoms with van der Waals surface area (Å²) in [4.78, 5) is 30.2. The average Bonchev–Trinajstić information content (AvgIpc) is 3.03. The first-order chi connectivity index (χ1) is 21.9. The standard InChI is InChI=1S/C37H42BrN3O4S/c1-6-29(5)39-37(43)35(23-30-11-8-7-9-12-30)40(24-31-13-10-14-32(38)22-31)36(42)25-41(33-18-17-27(3)28(4)21-33)46(44,45)34-19-15-26(2)16-20-34/h7-22,29,35H,6,23-25H2,1-5H3,(H,39,43). The van der Waals surface area contributed by atoms with Crippen molar-refractivity contribution in [1.82, 2.24) is 10.2 Å². The molecule has 4 rings (SSSR count). The Morgan fingerprint density at radius 3 is 2.13 bits per heavy atom. The molecule has 242 valence electrons. The Kier molecular flexibility index (Phi) is 11.8.